The molecule has 2 aromatic carbocycles. The molecule has 2 aromatic rings. The molecule has 0 fully saturated rings. The molecular formula is C17H18N2O3S. The lowest BCUT2D eigenvalue weighted by Crippen LogP contribution is -2.15. The highest BCUT2D eigenvalue weighted by Gasteiger charge is 2.12. The van der Waals surface area contributed by atoms with Crippen LogP contribution in [0.4, 0.5) is 5.69 Å². The van der Waals surface area contributed by atoms with Crippen LogP contribution in [0.3, 0.4) is 0 Å². The minimum Gasteiger partial charge on any atom is -0.322 e. The summed E-state index contributed by atoms with van der Waals surface area (Å²) in [5.41, 5.74) is 2.90. The van der Waals surface area contributed by atoms with Gasteiger partial charge in [-0.15, -0.1) is 0 Å². The van der Waals surface area contributed by atoms with Gasteiger partial charge in [0.15, 0.2) is 0 Å². The van der Waals surface area contributed by atoms with Crippen LogP contribution in [0.15, 0.2) is 53.4 Å². The standard InChI is InChI=1S/C17H18N2O3S/c1-12-5-3-4-6-14(12)8-10-17(20)19-15-9-7-13(2)16(11-15)23(18,21)22/h3-11H,1-2H3,(H,19,20)(H2,18,21,22)/b10-8+. The third-order valence-corrected chi connectivity index (χ3v) is 4.42. The molecule has 0 aliphatic rings. The lowest BCUT2D eigenvalue weighted by atomic mass is 10.1. The maximum atomic E-state index is 12.0. The third kappa shape index (κ3) is 4.51. The van der Waals surface area contributed by atoms with E-state index in [1.54, 1.807) is 25.1 Å². The minimum atomic E-state index is -3.82. The van der Waals surface area contributed by atoms with E-state index in [-0.39, 0.29) is 10.8 Å². The summed E-state index contributed by atoms with van der Waals surface area (Å²) in [6.45, 7) is 3.60. The van der Waals surface area contributed by atoms with Gasteiger partial charge in [-0.25, -0.2) is 13.6 Å². The number of sulfonamides is 1. The van der Waals surface area contributed by atoms with E-state index in [9.17, 15) is 13.2 Å². The second kappa shape index (κ2) is 6.76. The summed E-state index contributed by atoms with van der Waals surface area (Å²) in [5.74, 6) is -0.350. The van der Waals surface area contributed by atoms with Gasteiger partial charge in [0.1, 0.15) is 0 Å². The van der Waals surface area contributed by atoms with Crippen molar-refractivity contribution in [2.45, 2.75) is 18.7 Å². The van der Waals surface area contributed by atoms with Crippen LogP contribution in [-0.4, -0.2) is 14.3 Å². The van der Waals surface area contributed by atoms with E-state index in [1.165, 1.54) is 12.1 Å². The molecule has 0 saturated heterocycles. The zero-order valence-corrected chi connectivity index (χ0v) is 13.7. The summed E-state index contributed by atoms with van der Waals surface area (Å²) in [7, 11) is -3.82. The number of hydrogen-bond acceptors (Lipinski definition) is 3. The predicted molar refractivity (Wildman–Crippen MR) is 91.4 cm³/mol. The summed E-state index contributed by atoms with van der Waals surface area (Å²) >= 11 is 0. The van der Waals surface area contributed by atoms with Crippen molar-refractivity contribution in [2.75, 3.05) is 5.32 Å². The number of aryl methyl sites for hydroxylation is 2. The number of amides is 1. The number of rotatable bonds is 4. The summed E-state index contributed by atoms with van der Waals surface area (Å²) in [5, 5.41) is 7.78. The molecule has 0 unspecified atom stereocenters. The molecule has 0 heterocycles. The average Bonchev–Trinajstić information content (AvgIpc) is 2.47. The fourth-order valence-electron chi connectivity index (χ4n) is 2.11. The maximum absolute atomic E-state index is 12.0. The maximum Gasteiger partial charge on any atom is 0.248 e. The van der Waals surface area contributed by atoms with Crippen molar-refractivity contribution in [3.8, 4) is 0 Å². The van der Waals surface area contributed by atoms with Gasteiger partial charge in [-0.3, -0.25) is 4.79 Å². The minimum absolute atomic E-state index is 0.00168. The normalized spacial score (nSPS) is 11.6. The molecule has 0 aliphatic heterocycles. The Morgan fingerprint density at radius 1 is 1.09 bits per heavy atom. The highest BCUT2D eigenvalue weighted by atomic mass is 32.2. The van der Waals surface area contributed by atoms with Crippen LogP contribution in [0, 0.1) is 13.8 Å². The fourth-order valence-corrected chi connectivity index (χ4v) is 2.92. The Hall–Kier alpha value is -2.44. The predicted octanol–water partition coefficient (Wildman–Crippen LogP) is 2.60. The monoisotopic (exact) mass is 330 g/mol. The summed E-state index contributed by atoms with van der Waals surface area (Å²) in [6.07, 6.45) is 3.11. The van der Waals surface area contributed by atoms with E-state index in [1.807, 2.05) is 31.2 Å². The molecule has 23 heavy (non-hydrogen) atoms. The van der Waals surface area contributed by atoms with E-state index >= 15 is 0 Å². The number of primary sulfonamides is 1. The highest BCUT2D eigenvalue weighted by molar-refractivity contribution is 7.89. The van der Waals surface area contributed by atoms with E-state index in [4.69, 9.17) is 5.14 Å². The van der Waals surface area contributed by atoms with Gasteiger partial charge in [0.25, 0.3) is 0 Å². The van der Waals surface area contributed by atoms with Crippen molar-refractivity contribution in [2.24, 2.45) is 5.14 Å². The molecule has 0 radical (unpaired) electrons. The van der Waals surface area contributed by atoms with Crippen LogP contribution in [0.25, 0.3) is 6.08 Å². The van der Waals surface area contributed by atoms with Crippen molar-refractivity contribution in [3.63, 3.8) is 0 Å². The number of carbonyl (C=O) groups is 1. The molecule has 3 N–H and O–H groups in total. The van der Waals surface area contributed by atoms with Crippen molar-refractivity contribution < 1.29 is 13.2 Å². The van der Waals surface area contributed by atoms with E-state index in [2.05, 4.69) is 5.32 Å². The van der Waals surface area contributed by atoms with Crippen molar-refractivity contribution in [3.05, 3.63) is 65.2 Å². The van der Waals surface area contributed by atoms with Crippen LogP contribution < -0.4 is 10.5 Å². The Kier molecular flexibility index (Phi) is 4.98. The van der Waals surface area contributed by atoms with Gasteiger partial charge in [0.05, 0.1) is 4.90 Å². The molecule has 0 saturated carbocycles. The zero-order chi connectivity index (χ0) is 17.0. The van der Waals surface area contributed by atoms with Gasteiger partial charge in [0, 0.05) is 11.8 Å². The number of benzene rings is 2. The quantitative estimate of drug-likeness (QED) is 0.844. The molecule has 0 aromatic heterocycles. The van der Waals surface area contributed by atoms with Crippen LogP contribution >= 0.6 is 0 Å². The second-order valence-corrected chi connectivity index (χ2v) is 6.73. The number of anilines is 1. The first-order valence-corrected chi connectivity index (χ1v) is 8.50. The molecule has 0 bridgehead atoms. The van der Waals surface area contributed by atoms with E-state index in [0.29, 0.717) is 11.3 Å². The Labute approximate surface area is 135 Å². The zero-order valence-electron chi connectivity index (χ0n) is 12.9. The van der Waals surface area contributed by atoms with Crippen LogP contribution in [-0.2, 0) is 14.8 Å². The Bertz CT molecular complexity index is 871. The summed E-state index contributed by atoms with van der Waals surface area (Å²) in [6, 6.07) is 12.3. The average molecular weight is 330 g/mol. The summed E-state index contributed by atoms with van der Waals surface area (Å²) in [4.78, 5) is 12.0. The van der Waals surface area contributed by atoms with Crippen LogP contribution in [0.2, 0.25) is 0 Å². The molecule has 2 rings (SSSR count). The van der Waals surface area contributed by atoms with Gasteiger partial charge in [-0.1, -0.05) is 30.3 Å². The van der Waals surface area contributed by atoms with E-state index in [0.717, 1.165) is 11.1 Å². The number of hydrogen-bond donors (Lipinski definition) is 2. The molecular weight excluding hydrogens is 312 g/mol. The van der Waals surface area contributed by atoms with Crippen molar-refractivity contribution in [1.82, 2.24) is 0 Å². The Morgan fingerprint density at radius 3 is 2.43 bits per heavy atom. The molecule has 0 atom stereocenters. The molecule has 5 nitrogen and oxygen atoms in total. The smallest absolute Gasteiger partial charge is 0.248 e. The Morgan fingerprint density at radius 2 is 1.78 bits per heavy atom. The van der Waals surface area contributed by atoms with Gasteiger partial charge < -0.3 is 5.32 Å². The third-order valence-electron chi connectivity index (χ3n) is 3.36. The molecule has 6 heteroatoms. The van der Waals surface area contributed by atoms with Crippen molar-refractivity contribution >= 4 is 27.7 Å². The van der Waals surface area contributed by atoms with E-state index < -0.39 is 10.0 Å². The fraction of sp³-hybridized carbons (Fsp3) is 0.118. The van der Waals surface area contributed by atoms with Crippen LogP contribution in [0.5, 0.6) is 0 Å². The molecule has 0 aliphatic carbocycles. The second-order valence-electron chi connectivity index (χ2n) is 5.20. The molecule has 120 valence electrons. The SMILES string of the molecule is Cc1ccccc1/C=C/C(=O)Nc1ccc(C)c(S(N)(=O)=O)c1. The van der Waals surface area contributed by atoms with Gasteiger partial charge >= 0.3 is 0 Å². The topological polar surface area (TPSA) is 89.3 Å². The lowest BCUT2D eigenvalue weighted by Gasteiger charge is -2.07. The van der Waals surface area contributed by atoms with Crippen molar-refractivity contribution in [1.29, 1.82) is 0 Å². The number of nitrogens with two attached hydrogens (primary N) is 1. The first kappa shape index (κ1) is 16.9. The van der Waals surface area contributed by atoms with Crippen LogP contribution in [0.1, 0.15) is 16.7 Å². The first-order valence-electron chi connectivity index (χ1n) is 6.95. The first-order chi connectivity index (χ1) is 10.8. The number of carbonyl (C=O) groups excluding carboxylic acids is 1. The highest BCUT2D eigenvalue weighted by Crippen LogP contribution is 2.19. The molecule has 1 amide bonds. The van der Waals surface area contributed by atoms with Gasteiger partial charge in [-0.05, 0) is 48.7 Å². The Balaban J connectivity index is 2.17. The summed E-state index contributed by atoms with van der Waals surface area (Å²) < 4.78 is 23.0. The largest absolute Gasteiger partial charge is 0.322 e. The van der Waals surface area contributed by atoms with Gasteiger partial charge in [-0.2, -0.15) is 0 Å². The lowest BCUT2D eigenvalue weighted by molar-refractivity contribution is -0.111. The van der Waals surface area contributed by atoms with Gasteiger partial charge in [0.2, 0.25) is 15.9 Å². The number of nitrogens with one attached hydrogen (secondary N) is 1. The molecule has 0 spiro atoms.